The molecule has 0 aliphatic heterocycles. The number of benzene rings is 2. The summed E-state index contributed by atoms with van der Waals surface area (Å²) in [6, 6.07) is 16.8. The first-order valence-electron chi connectivity index (χ1n) is 8.12. The second-order valence-corrected chi connectivity index (χ2v) is 7.09. The third-order valence-corrected chi connectivity index (χ3v) is 4.27. The molecule has 0 spiro atoms. The molecule has 120 valence electrons. The lowest BCUT2D eigenvalue weighted by Crippen LogP contribution is -2.11. The number of H-pyrrole nitrogens is 1. The molecule has 2 N–H and O–H groups in total. The largest absolute Gasteiger partial charge is 0.337 e. The Balaban J connectivity index is 1.76. The number of hydrogen-bond donors (Lipinski definition) is 2. The van der Waals surface area contributed by atoms with Crippen molar-refractivity contribution in [3.8, 4) is 0 Å². The molecule has 24 heavy (non-hydrogen) atoms. The van der Waals surface area contributed by atoms with Gasteiger partial charge in [-0.2, -0.15) is 5.10 Å². The van der Waals surface area contributed by atoms with E-state index in [1.54, 1.807) is 6.20 Å². The summed E-state index contributed by atoms with van der Waals surface area (Å²) in [5, 5.41) is 13.2. The van der Waals surface area contributed by atoms with Crippen LogP contribution in [0, 0.1) is 0 Å². The van der Waals surface area contributed by atoms with Gasteiger partial charge in [-0.1, -0.05) is 45.0 Å². The standard InChI is InChI=1S/C20H20N4/c1-20(2,3)16-7-4-6-13-12-14(9-10-15(13)16)22-19-18-17(23-24-19)8-5-11-21-18/h4-12H,1-3H3,(H2,22,23,24). The van der Waals surface area contributed by atoms with E-state index in [9.17, 15) is 0 Å². The molecule has 2 aromatic heterocycles. The predicted molar refractivity (Wildman–Crippen MR) is 99.8 cm³/mol. The van der Waals surface area contributed by atoms with Crippen LogP contribution >= 0.6 is 0 Å². The second kappa shape index (κ2) is 5.34. The molecule has 0 aliphatic rings. The van der Waals surface area contributed by atoms with Gasteiger partial charge in [0.25, 0.3) is 0 Å². The molecule has 0 saturated heterocycles. The van der Waals surface area contributed by atoms with E-state index in [4.69, 9.17) is 0 Å². The van der Waals surface area contributed by atoms with Crippen molar-refractivity contribution < 1.29 is 0 Å². The second-order valence-electron chi connectivity index (χ2n) is 7.09. The molecule has 0 unspecified atom stereocenters. The van der Waals surface area contributed by atoms with Gasteiger partial charge < -0.3 is 5.32 Å². The van der Waals surface area contributed by atoms with Crippen LogP contribution in [0.2, 0.25) is 0 Å². The summed E-state index contributed by atoms with van der Waals surface area (Å²) in [4.78, 5) is 4.39. The van der Waals surface area contributed by atoms with Gasteiger partial charge in [-0.3, -0.25) is 10.1 Å². The summed E-state index contributed by atoms with van der Waals surface area (Å²) in [7, 11) is 0. The van der Waals surface area contributed by atoms with Crippen molar-refractivity contribution in [3.63, 3.8) is 0 Å². The first kappa shape index (κ1) is 14.7. The average Bonchev–Trinajstić information content (AvgIpc) is 2.96. The van der Waals surface area contributed by atoms with Gasteiger partial charge in [0.05, 0.1) is 5.52 Å². The zero-order chi connectivity index (χ0) is 16.7. The number of rotatable bonds is 2. The molecule has 2 heterocycles. The number of anilines is 2. The lowest BCUT2D eigenvalue weighted by atomic mass is 9.84. The number of aromatic amines is 1. The molecular weight excluding hydrogens is 296 g/mol. The minimum absolute atomic E-state index is 0.122. The number of hydrogen-bond acceptors (Lipinski definition) is 3. The smallest absolute Gasteiger partial charge is 0.178 e. The van der Waals surface area contributed by atoms with Crippen molar-refractivity contribution in [3.05, 3.63) is 60.3 Å². The van der Waals surface area contributed by atoms with Gasteiger partial charge in [0.15, 0.2) is 5.82 Å². The highest BCUT2D eigenvalue weighted by atomic mass is 15.2. The van der Waals surface area contributed by atoms with Gasteiger partial charge >= 0.3 is 0 Å². The Hall–Kier alpha value is -2.88. The van der Waals surface area contributed by atoms with Gasteiger partial charge in [-0.25, -0.2) is 0 Å². The fourth-order valence-electron chi connectivity index (χ4n) is 3.09. The minimum Gasteiger partial charge on any atom is -0.337 e. The lowest BCUT2D eigenvalue weighted by molar-refractivity contribution is 0.596. The summed E-state index contributed by atoms with van der Waals surface area (Å²) in [5.41, 5.74) is 4.26. The Morgan fingerprint density at radius 1 is 1.00 bits per heavy atom. The van der Waals surface area contributed by atoms with E-state index in [1.807, 2.05) is 12.1 Å². The maximum atomic E-state index is 4.39. The number of fused-ring (bicyclic) bond motifs is 2. The molecule has 2 aromatic carbocycles. The maximum absolute atomic E-state index is 4.39. The molecule has 0 radical (unpaired) electrons. The fourth-order valence-corrected chi connectivity index (χ4v) is 3.09. The Bertz CT molecular complexity index is 1020. The van der Waals surface area contributed by atoms with Crippen LogP contribution in [0.1, 0.15) is 26.3 Å². The van der Waals surface area contributed by atoms with Gasteiger partial charge in [0.2, 0.25) is 0 Å². The Kier molecular flexibility index (Phi) is 3.27. The van der Waals surface area contributed by atoms with E-state index in [0.717, 1.165) is 22.5 Å². The highest BCUT2D eigenvalue weighted by Crippen LogP contribution is 2.32. The Labute approximate surface area is 140 Å². The summed E-state index contributed by atoms with van der Waals surface area (Å²) in [6.45, 7) is 6.74. The molecule has 4 aromatic rings. The summed E-state index contributed by atoms with van der Waals surface area (Å²) in [5.74, 6) is 0.747. The zero-order valence-electron chi connectivity index (χ0n) is 14.1. The quantitative estimate of drug-likeness (QED) is 0.537. The van der Waals surface area contributed by atoms with Gasteiger partial charge in [-0.15, -0.1) is 0 Å². The van der Waals surface area contributed by atoms with Crippen LogP contribution in [0.15, 0.2) is 54.7 Å². The Morgan fingerprint density at radius 2 is 1.88 bits per heavy atom. The lowest BCUT2D eigenvalue weighted by Gasteiger charge is -2.21. The van der Waals surface area contributed by atoms with Crippen molar-refractivity contribution in [1.82, 2.24) is 15.2 Å². The molecule has 4 heteroatoms. The van der Waals surface area contributed by atoms with Crippen molar-refractivity contribution >= 4 is 33.3 Å². The maximum Gasteiger partial charge on any atom is 0.178 e. The van der Waals surface area contributed by atoms with E-state index >= 15 is 0 Å². The first-order valence-corrected chi connectivity index (χ1v) is 8.12. The van der Waals surface area contributed by atoms with Crippen LogP contribution in [0.4, 0.5) is 11.5 Å². The molecule has 0 atom stereocenters. The van der Waals surface area contributed by atoms with Crippen LogP contribution in [0.3, 0.4) is 0 Å². The van der Waals surface area contributed by atoms with Crippen LogP contribution < -0.4 is 5.32 Å². The van der Waals surface area contributed by atoms with E-state index in [-0.39, 0.29) is 5.41 Å². The third kappa shape index (κ3) is 2.50. The third-order valence-electron chi connectivity index (χ3n) is 4.27. The van der Waals surface area contributed by atoms with Crippen LogP contribution in [-0.4, -0.2) is 15.2 Å². The first-order chi connectivity index (χ1) is 11.5. The zero-order valence-corrected chi connectivity index (χ0v) is 14.1. The SMILES string of the molecule is CC(C)(C)c1cccc2cc(Nc3n[nH]c4cccnc34)ccc12. The van der Waals surface area contributed by atoms with Crippen LogP contribution in [0.25, 0.3) is 21.8 Å². The van der Waals surface area contributed by atoms with E-state index in [0.29, 0.717) is 0 Å². The highest BCUT2D eigenvalue weighted by molar-refractivity contribution is 5.92. The number of pyridine rings is 1. The molecule has 0 amide bonds. The molecule has 0 fully saturated rings. The van der Waals surface area contributed by atoms with Gasteiger partial charge in [-0.05, 0) is 46.0 Å². The summed E-state index contributed by atoms with van der Waals surface area (Å²) < 4.78 is 0. The molecule has 4 rings (SSSR count). The van der Waals surface area contributed by atoms with E-state index < -0.39 is 0 Å². The van der Waals surface area contributed by atoms with Crippen LogP contribution in [-0.2, 0) is 5.41 Å². The van der Waals surface area contributed by atoms with Crippen molar-refractivity contribution in [1.29, 1.82) is 0 Å². The molecule has 0 aliphatic carbocycles. The summed E-state index contributed by atoms with van der Waals surface area (Å²) in [6.07, 6.45) is 1.78. The average molecular weight is 316 g/mol. The number of aromatic nitrogens is 3. The van der Waals surface area contributed by atoms with Crippen LogP contribution in [0.5, 0.6) is 0 Å². The monoisotopic (exact) mass is 316 g/mol. The number of nitrogens with one attached hydrogen (secondary N) is 2. The fraction of sp³-hybridized carbons (Fsp3) is 0.200. The normalized spacial score (nSPS) is 12.0. The summed E-state index contributed by atoms with van der Waals surface area (Å²) >= 11 is 0. The molecular formula is C20H20N4. The molecule has 0 saturated carbocycles. The van der Waals surface area contributed by atoms with Crippen molar-refractivity contribution in [2.45, 2.75) is 26.2 Å². The van der Waals surface area contributed by atoms with Gasteiger partial charge in [0, 0.05) is 11.9 Å². The van der Waals surface area contributed by atoms with Gasteiger partial charge in [0.1, 0.15) is 5.52 Å². The van der Waals surface area contributed by atoms with Crippen molar-refractivity contribution in [2.24, 2.45) is 0 Å². The molecule has 4 nitrogen and oxygen atoms in total. The van der Waals surface area contributed by atoms with E-state index in [1.165, 1.54) is 16.3 Å². The van der Waals surface area contributed by atoms with E-state index in [2.05, 4.69) is 77.7 Å². The minimum atomic E-state index is 0.122. The highest BCUT2D eigenvalue weighted by Gasteiger charge is 2.16. The topological polar surface area (TPSA) is 53.6 Å². The molecule has 0 bridgehead atoms. The predicted octanol–water partition coefficient (Wildman–Crippen LogP) is 5.15. The van der Waals surface area contributed by atoms with Crippen molar-refractivity contribution in [2.75, 3.05) is 5.32 Å². The number of nitrogens with zero attached hydrogens (tertiary/aromatic N) is 2. The Morgan fingerprint density at radius 3 is 2.71 bits per heavy atom.